The molecule has 0 radical (unpaired) electrons. The Bertz CT molecular complexity index is 1530. The predicted octanol–water partition coefficient (Wildman–Crippen LogP) is 25.3. The third kappa shape index (κ3) is 26.2. The summed E-state index contributed by atoms with van der Waals surface area (Å²) >= 11 is 0. The van der Waals surface area contributed by atoms with Crippen molar-refractivity contribution in [2.45, 2.75) is 337 Å². The second kappa shape index (κ2) is 33.5. The van der Waals surface area contributed by atoms with Crippen LogP contribution >= 0.6 is 0 Å². The van der Waals surface area contributed by atoms with Gasteiger partial charge < -0.3 is 0 Å². The van der Waals surface area contributed by atoms with Crippen LogP contribution < -0.4 is 0 Å². The molecule has 0 spiro atoms. The Kier molecular flexibility index (Phi) is 29.5. The van der Waals surface area contributed by atoms with E-state index >= 15 is 0 Å². The molecule has 0 aromatic carbocycles. The highest BCUT2D eigenvalue weighted by Gasteiger charge is 2.39. The Hall–Kier alpha value is 0. The van der Waals surface area contributed by atoms with Gasteiger partial charge in [-0.25, -0.2) is 0 Å². The van der Waals surface area contributed by atoms with Gasteiger partial charge >= 0.3 is 0 Å². The fraction of sp³-hybridized carbons (Fsp3) is 1.00. The maximum Gasteiger partial charge on any atom is -0.0326 e. The molecule has 8 bridgehead atoms. The predicted molar refractivity (Wildman–Crippen MR) is 345 cm³/mol. The first kappa shape index (κ1) is 67.8. The van der Waals surface area contributed by atoms with E-state index in [0.717, 1.165) is 148 Å². The van der Waals surface area contributed by atoms with Crippen LogP contribution in [0.1, 0.15) is 337 Å². The minimum Gasteiger partial charge on any atom is -0.0628 e. The summed E-state index contributed by atoms with van der Waals surface area (Å²) in [6, 6.07) is 0. The summed E-state index contributed by atoms with van der Waals surface area (Å²) in [5.41, 5.74) is 0.381. The zero-order valence-corrected chi connectivity index (χ0v) is 56.6. The number of hydrogen-bond donors (Lipinski definition) is 0. The van der Waals surface area contributed by atoms with Crippen molar-refractivity contribution in [3.05, 3.63) is 0 Å². The van der Waals surface area contributed by atoms with Gasteiger partial charge in [0.2, 0.25) is 0 Å². The molecule has 454 valence electrons. The normalized spacial score (nSPS) is 39.1. The van der Waals surface area contributed by atoms with Gasteiger partial charge in [0.1, 0.15) is 0 Å². The lowest BCUT2D eigenvalue weighted by Crippen LogP contribution is -2.30. The monoisotopic (exact) mass is 1070 g/mol. The van der Waals surface area contributed by atoms with Crippen LogP contribution in [0, 0.1) is 153 Å². The van der Waals surface area contributed by atoms with Crippen LogP contribution in [0.25, 0.3) is 0 Å². The molecule has 0 nitrogen and oxygen atoms in total. The molecule has 0 aromatic rings. The zero-order valence-electron chi connectivity index (χ0n) is 56.6. The maximum atomic E-state index is 2.80. The molecule has 0 N–H and O–H groups in total. The maximum absolute atomic E-state index is 2.80. The van der Waals surface area contributed by atoms with Gasteiger partial charge in [0, 0.05) is 0 Å². The highest BCUT2D eigenvalue weighted by atomic mass is 14.4. The number of hydrogen-bond acceptors (Lipinski definition) is 0. The Labute approximate surface area is 487 Å². The number of fused-ring (bicyclic) bond motifs is 7. The molecule has 0 aromatic heterocycles. The van der Waals surface area contributed by atoms with Gasteiger partial charge in [0.15, 0.2) is 0 Å². The van der Waals surface area contributed by atoms with Crippen molar-refractivity contribution in [1.29, 1.82) is 0 Å². The van der Waals surface area contributed by atoms with E-state index in [1.54, 1.807) is 64.2 Å². The summed E-state index contributed by atoms with van der Waals surface area (Å²) in [4.78, 5) is 0. The van der Waals surface area contributed by atoms with Gasteiger partial charge in [0.05, 0.1) is 0 Å². The highest BCUT2D eigenvalue weighted by Crippen LogP contribution is 2.50. The van der Waals surface area contributed by atoms with Crippen molar-refractivity contribution in [2.24, 2.45) is 153 Å². The van der Waals surface area contributed by atoms with Gasteiger partial charge in [-0.15, -0.1) is 0 Å². The fourth-order valence-electron chi connectivity index (χ4n) is 21.7. The lowest BCUT2D eigenvalue weighted by Gasteiger charge is -2.41. The SMILES string of the molecule is CC(C)CC(C)CC(C)CC(C)CC1CC2CCCCC(C)CC3CC(CC(C)C)CC4CC(C)CC(C)CC5CC(C)CC(CC(C2)CC(CC(C)CC(CC(C)CC(C)CC(C)C)CC(C)(C)C(C)C5)C1)CC(C3)C4. The molecule has 5 fully saturated rings. The average Bonchev–Trinajstić information content (AvgIpc) is 3.24. The molecular formula is C77H146. The first-order valence-electron chi connectivity index (χ1n) is 36.2. The van der Waals surface area contributed by atoms with Gasteiger partial charge in [0.25, 0.3) is 0 Å². The van der Waals surface area contributed by atoms with Crippen LogP contribution in [0.5, 0.6) is 0 Å². The summed E-state index contributed by atoms with van der Waals surface area (Å²) in [6.45, 7) is 50.1. The van der Waals surface area contributed by atoms with Crippen molar-refractivity contribution < 1.29 is 0 Å². The molecule has 5 rings (SSSR count). The Morgan fingerprint density at radius 2 is 0.623 bits per heavy atom. The summed E-state index contributed by atoms with van der Waals surface area (Å²) in [6.07, 6.45) is 48.1. The number of rotatable bonds is 16. The lowest BCUT2D eigenvalue weighted by atomic mass is 9.65. The van der Waals surface area contributed by atoms with E-state index in [2.05, 4.69) is 132 Å². The van der Waals surface area contributed by atoms with Crippen molar-refractivity contribution in [3.63, 3.8) is 0 Å². The smallest absolute Gasteiger partial charge is 0.0326 e. The summed E-state index contributed by atoms with van der Waals surface area (Å²) in [5, 5.41) is 0. The molecule has 0 aliphatic heterocycles. The minimum absolute atomic E-state index is 0.381. The van der Waals surface area contributed by atoms with E-state index in [1.807, 2.05) is 0 Å². The molecular weight excluding hydrogens is 925 g/mol. The van der Waals surface area contributed by atoms with Gasteiger partial charge in [-0.3, -0.25) is 0 Å². The van der Waals surface area contributed by atoms with Crippen LogP contribution in [-0.4, -0.2) is 0 Å². The van der Waals surface area contributed by atoms with E-state index < -0.39 is 0 Å². The second-order valence-corrected chi connectivity index (χ2v) is 35.5. The van der Waals surface area contributed by atoms with Crippen molar-refractivity contribution in [1.82, 2.24) is 0 Å². The topological polar surface area (TPSA) is 0 Å². The molecule has 22 unspecified atom stereocenters. The van der Waals surface area contributed by atoms with Crippen LogP contribution in [0.2, 0.25) is 0 Å². The van der Waals surface area contributed by atoms with Crippen molar-refractivity contribution in [2.75, 3.05) is 0 Å². The van der Waals surface area contributed by atoms with Crippen LogP contribution in [-0.2, 0) is 0 Å². The zero-order chi connectivity index (χ0) is 56.6. The van der Waals surface area contributed by atoms with E-state index in [4.69, 9.17) is 0 Å². The first-order valence-corrected chi connectivity index (χ1v) is 36.2. The summed E-state index contributed by atoms with van der Waals surface area (Å²) < 4.78 is 0. The molecule has 5 saturated carbocycles. The van der Waals surface area contributed by atoms with Crippen LogP contribution in [0.4, 0.5) is 0 Å². The van der Waals surface area contributed by atoms with Gasteiger partial charge in [-0.05, 0) is 333 Å². The molecule has 0 heteroatoms. The third-order valence-electron chi connectivity index (χ3n) is 23.5. The fourth-order valence-corrected chi connectivity index (χ4v) is 21.7. The average molecular weight is 1070 g/mol. The lowest BCUT2D eigenvalue weighted by molar-refractivity contribution is 0.103. The second-order valence-electron chi connectivity index (χ2n) is 35.5. The minimum atomic E-state index is 0.381. The van der Waals surface area contributed by atoms with Gasteiger partial charge in [-0.1, -0.05) is 157 Å². The van der Waals surface area contributed by atoms with Crippen LogP contribution in [0.15, 0.2) is 0 Å². The van der Waals surface area contributed by atoms with E-state index in [-0.39, 0.29) is 0 Å². The first-order chi connectivity index (χ1) is 36.2. The van der Waals surface area contributed by atoms with E-state index in [0.29, 0.717) is 5.41 Å². The quantitative estimate of drug-likeness (QED) is 0.145. The summed E-state index contributed by atoms with van der Waals surface area (Å²) in [5.74, 6) is 22.0. The van der Waals surface area contributed by atoms with E-state index in [9.17, 15) is 0 Å². The molecule has 0 saturated heterocycles. The molecule has 5 aliphatic carbocycles. The molecule has 0 amide bonds. The third-order valence-corrected chi connectivity index (χ3v) is 23.5. The molecule has 77 heavy (non-hydrogen) atoms. The highest BCUT2D eigenvalue weighted by molar-refractivity contribution is 4.90. The van der Waals surface area contributed by atoms with Crippen molar-refractivity contribution in [3.8, 4) is 0 Å². The standard InChI is InChI=1S/C77H146/c1-52(2)24-56(8)27-58(10)29-59(11)33-70-41-66-23-21-20-22-55(7)31-69-43-67(26-54(5)6)44-71-34-61(13)30-60(12)32-68-35-63(15)36-73(50-75(46-69)49-71)48-74(42-66)47-72(45-70)37-64(16)39-76(51-77(18,19)65(17)40-68)38-62(14)28-57(9)25-53(3)4/h52-76H,20-51H2,1-19H3. The van der Waals surface area contributed by atoms with E-state index in [1.165, 1.54) is 141 Å². The largest absolute Gasteiger partial charge is 0.0628 e. The summed E-state index contributed by atoms with van der Waals surface area (Å²) in [7, 11) is 0. The Balaban J connectivity index is 1.57. The molecule has 5 aliphatic rings. The molecule has 0 heterocycles. The Morgan fingerprint density at radius 3 is 1.10 bits per heavy atom. The van der Waals surface area contributed by atoms with Crippen molar-refractivity contribution >= 4 is 0 Å². The van der Waals surface area contributed by atoms with Crippen LogP contribution in [0.3, 0.4) is 0 Å². The van der Waals surface area contributed by atoms with Gasteiger partial charge in [-0.2, -0.15) is 0 Å². The molecule has 22 atom stereocenters. The Morgan fingerprint density at radius 1 is 0.286 bits per heavy atom.